The Morgan fingerprint density at radius 1 is 1.38 bits per heavy atom. The van der Waals surface area contributed by atoms with Crippen LogP contribution in [-0.2, 0) is 0 Å². The van der Waals surface area contributed by atoms with Crippen LogP contribution >= 0.6 is 22.9 Å². The molecule has 1 atom stereocenters. The first-order valence-electron chi connectivity index (χ1n) is 5.00. The van der Waals surface area contributed by atoms with E-state index in [0.717, 1.165) is 26.6 Å². The standard InChI is InChI=1S/C12H13ClN2S/c1-7-3-9(5-15-4-7)11(14)12-10(13)8(2)6-16-12/h3-6,11H,14H2,1-2H3. The Hall–Kier alpha value is -0.900. The van der Waals surface area contributed by atoms with Gasteiger partial charge in [0, 0.05) is 17.3 Å². The van der Waals surface area contributed by atoms with E-state index >= 15 is 0 Å². The normalized spacial score (nSPS) is 12.8. The maximum atomic E-state index is 6.20. The lowest BCUT2D eigenvalue weighted by Crippen LogP contribution is -2.11. The van der Waals surface area contributed by atoms with Crippen molar-refractivity contribution in [3.05, 3.63) is 50.4 Å². The minimum absolute atomic E-state index is 0.182. The van der Waals surface area contributed by atoms with Gasteiger partial charge in [0.1, 0.15) is 0 Å². The van der Waals surface area contributed by atoms with Gasteiger partial charge in [-0.2, -0.15) is 0 Å². The zero-order valence-corrected chi connectivity index (χ0v) is 10.8. The zero-order valence-electron chi connectivity index (χ0n) is 9.20. The molecule has 0 fully saturated rings. The van der Waals surface area contributed by atoms with E-state index in [1.54, 1.807) is 17.5 Å². The highest BCUT2D eigenvalue weighted by atomic mass is 35.5. The summed E-state index contributed by atoms with van der Waals surface area (Å²) >= 11 is 7.80. The molecule has 0 bridgehead atoms. The van der Waals surface area contributed by atoms with E-state index in [0.29, 0.717) is 0 Å². The molecule has 0 aromatic carbocycles. The Bertz CT molecular complexity index is 507. The van der Waals surface area contributed by atoms with Crippen LogP contribution in [0.25, 0.3) is 0 Å². The van der Waals surface area contributed by atoms with Crippen LogP contribution in [0.15, 0.2) is 23.8 Å². The molecule has 84 valence electrons. The van der Waals surface area contributed by atoms with Crippen LogP contribution < -0.4 is 5.73 Å². The van der Waals surface area contributed by atoms with Gasteiger partial charge in [-0.05, 0) is 35.9 Å². The molecule has 1 unspecified atom stereocenters. The molecule has 16 heavy (non-hydrogen) atoms. The molecule has 0 aliphatic rings. The second kappa shape index (κ2) is 4.53. The number of rotatable bonds is 2. The van der Waals surface area contributed by atoms with Gasteiger partial charge in [-0.3, -0.25) is 4.98 Å². The second-order valence-electron chi connectivity index (χ2n) is 3.87. The fourth-order valence-corrected chi connectivity index (χ4v) is 2.90. The Kier molecular flexibility index (Phi) is 3.28. The van der Waals surface area contributed by atoms with Gasteiger partial charge in [-0.25, -0.2) is 0 Å². The number of hydrogen-bond donors (Lipinski definition) is 1. The van der Waals surface area contributed by atoms with Crippen LogP contribution in [0.2, 0.25) is 5.02 Å². The monoisotopic (exact) mass is 252 g/mol. The second-order valence-corrected chi connectivity index (χ2v) is 5.16. The molecule has 4 heteroatoms. The van der Waals surface area contributed by atoms with Gasteiger partial charge in [-0.1, -0.05) is 17.7 Å². The van der Waals surface area contributed by atoms with E-state index in [1.807, 2.05) is 31.5 Å². The summed E-state index contributed by atoms with van der Waals surface area (Å²) in [4.78, 5) is 5.15. The number of hydrogen-bond acceptors (Lipinski definition) is 3. The highest BCUT2D eigenvalue weighted by molar-refractivity contribution is 7.10. The Balaban J connectivity index is 2.39. The molecule has 0 spiro atoms. The first-order valence-corrected chi connectivity index (χ1v) is 6.26. The third-order valence-corrected chi connectivity index (χ3v) is 4.26. The number of halogens is 1. The highest BCUT2D eigenvalue weighted by Gasteiger charge is 2.16. The van der Waals surface area contributed by atoms with Crippen molar-refractivity contribution in [2.24, 2.45) is 5.73 Å². The number of aryl methyl sites for hydroxylation is 2. The quantitative estimate of drug-likeness (QED) is 0.889. The van der Waals surface area contributed by atoms with Crippen molar-refractivity contribution in [1.82, 2.24) is 4.98 Å². The van der Waals surface area contributed by atoms with Gasteiger partial charge in [-0.15, -0.1) is 11.3 Å². The fraction of sp³-hybridized carbons (Fsp3) is 0.250. The van der Waals surface area contributed by atoms with E-state index in [4.69, 9.17) is 17.3 Å². The van der Waals surface area contributed by atoms with Gasteiger partial charge in [0.25, 0.3) is 0 Å². The van der Waals surface area contributed by atoms with Crippen LogP contribution in [0.1, 0.15) is 27.6 Å². The fourth-order valence-electron chi connectivity index (χ4n) is 1.56. The van der Waals surface area contributed by atoms with Crippen molar-refractivity contribution < 1.29 is 0 Å². The smallest absolute Gasteiger partial charge is 0.0676 e. The number of nitrogens with zero attached hydrogens (tertiary/aromatic N) is 1. The number of nitrogens with two attached hydrogens (primary N) is 1. The molecule has 0 radical (unpaired) electrons. The van der Waals surface area contributed by atoms with Crippen LogP contribution in [0.3, 0.4) is 0 Å². The molecule has 2 aromatic rings. The van der Waals surface area contributed by atoms with Crippen molar-refractivity contribution in [2.45, 2.75) is 19.9 Å². The molecule has 2 nitrogen and oxygen atoms in total. The Morgan fingerprint density at radius 2 is 2.12 bits per heavy atom. The lowest BCUT2D eigenvalue weighted by atomic mass is 10.1. The van der Waals surface area contributed by atoms with E-state index in [2.05, 4.69) is 4.98 Å². The van der Waals surface area contributed by atoms with Gasteiger partial charge >= 0.3 is 0 Å². The average molecular weight is 253 g/mol. The van der Waals surface area contributed by atoms with Gasteiger partial charge < -0.3 is 5.73 Å². The molecule has 0 saturated carbocycles. The minimum Gasteiger partial charge on any atom is -0.320 e. The summed E-state index contributed by atoms with van der Waals surface area (Å²) in [7, 11) is 0. The summed E-state index contributed by atoms with van der Waals surface area (Å²) < 4.78 is 0. The summed E-state index contributed by atoms with van der Waals surface area (Å²) in [6, 6.07) is 1.86. The van der Waals surface area contributed by atoms with Crippen LogP contribution in [-0.4, -0.2) is 4.98 Å². The van der Waals surface area contributed by atoms with Gasteiger partial charge in [0.2, 0.25) is 0 Å². The molecule has 0 aliphatic heterocycles. The molecular formula is C12H13ClN2S. The predicted octanol–water partition coefficient (Wildman–Crippen LogP) is 3.46. The van der Waals surface area contributed by atoms with Crippen molar-refractivity contribution >= 4 is 22.9 Å². The Morgan fingerprint density at radius 3 is 2.69 bits per heavy atom. The Labute approximate surface area is 104 Å². The predicted molar refractivity (Wildman–Crippen MR) is 69.1 cm³/mol. The van der Waals surface area contributed by atoms with Gasteiger partial charge in [0.05, 0.1) is 11.1 Å². The largest absolute Gasteiger partial charge is 0.320 e. The lowest BCUT2D eigenvalue weighted by Gasteiger charge is -2.11. The molecule has 0 aliphatic carbocycles. The van der Waals surface area contributed by atoms with Crippen molar-refractivity contribution in [3.8, 4) is 0 Å². The van der Waals surface area contributed by atoms with E-state index in [9.17, 15) is 0 Å². The van der Waals surface area contributed by atoms with E-state index in [-0.39, 0.29) is 6.04 Å². The summed E-state index contributed by atoms with van der Waals surface area (Å²) in [5.74, 6) is 0. The lowest BCUT2D eigenvalue weighted by molar-refractivity contribution is 0.880. The van der Waals surface area contributed by atoms with E-state index in [1.165, 1.54) is 0 Å². The van der Waals surface area contributed by atoms with Crippen molar-refractivity contribution in [3.63, 3.8) is 0 Å². The summed E-state index contributed by atoms with van der Waals surface area (Å²) in [6.07, 6.45) is 3.61. The van der Waals surface area contributed by atoms with Crippen LogP contribution in [0.4, 0.5) is 0 Å². The van der Waals surface area contributed by atoms with E-state index < -0.39 is 0 Å². The number of aromatic nitrogens is 1. The summed E-state index contributed by atoms with van der Waals surface area (Å²) in [5, 5.41) is 2.81. The molecule has 0 amide bonds. The topological polar surface area (TPSA) is 38.9 Å². The maximum absolute atomic E-state index is 6.20. The molecular weight excluding hydrogens is 240 g/mol. The first kappa shape index (κ1) is 11.6. The minimum atomic E-state index is -0.182. The average Bonchev–Trinajstić information content (AvgIpc) is 2.59. The molecule has 2 aromatic heterocycles. The third kappa shape index (κ3) is 2.12. The SMILES string of the molecule is Cc1cncc(C(N)c2scc(C)c2Cl)c1. The van der Waals surface area contributed by atoms with Crippen molar-refractivity contribution in [1.29, 1.82) is 0 Å². The highest BCUT2D eigenvalue weighted by Crippen LogP contribution is 2.34. The zero-order chi connectivity index (χ0) is 11.7. The molecule has 2 heterocycles. The molecule has 2 rings (SSSR count). The third-order valence-electron chi connectivity index (χ3n) is 2.46. The summed E-state index contributed by atoms with van der Waals surface area (Å²) in [5.41, 5.74) is 9.38. The summed E-state index contributed by atoms with van der Waals surface area (Å²) in [6.45, 7) is 3.99. The van der Waals surface area contributed by atoms with Gasteiger partial charge in [0.15, 0.2) is 0 Å². The van der Waals surface area contributed by atoms with Crippen LogP contribution in [0.5, 0.6) is 0 Å². The number of thiophene rings is 1. The van der Waals surface area contributed by atoms with Crippen molar-refractivity contribution in [2.75, 3.05) is 0 Å². The number of pyridine rings is 1. The van der Waals surface area contributed by atoms with Crippen LogP contribution in [0, 0.1) is 13.8 Å². The maximum Gasteiger partial charge on any atom is 0.0676 e. The molecule has 0 saturated heterocycles. The first-order chi connectivity index (χ1) is 7.59. The molecule has 2 N–H and O–H groups in total.